The highest BCUT2D eigenvalue weighted by atomic mass is 16.6. The van der Waals surface area contributed by atoms with Crippen molar-refractivity contribution in [2.75, 3.05) is 0 Å². The number of carbonyl (C=O) groups excluding carboxylic acids is 3. The molecule has 2 heterocycles. The molecule has 5 aromatic rings. The summed E-state index contributed by atoms with van der Waals surface area (Å²) in [5, 5.41) is 0.851. The van der Waals surface area contributed by atoms with Gasteiger partial charge in [0.15, 0.2) is 5.60 Å². The highest BCUT2D eigenvalue weighted by Gasteiger charge is 2.59. The van der Waals surface area contributed by atoms with Gasteiger partial charge < -0.3 is 9.47 Å². The SMILES string of the molecule is CC(C)C1N(C(=O)CCc2cn(C(=O)OCc3ccccc3)c3ccccc23)C(=O)OC1(c1ccccc1)c1ccccc1. The van der Waals surface area contributed by atoms with Crippen LogP contribution in [0.2, 0.25) is 0 Å². The molecule has 1 saturated heterocycles. The number of ether oxygens (including phenoxy) is 2. The van der Waals surface area contributed by atoms with E-state index in [-0.39, 0.29) is 24.9 Å². The number of nitrogens with zero attached hydrogens (tertiary/aromatic N) is 2. The standard InChI is InChI=1S/C37H34N2O5/c1-26(2)34-37(29-16-8-4-9-17-29,30-18-10-5-11-19-30)44-36(42)39(34)33(40)23-22-28-24-38(32-21-13-12-20-31(28)32)35(41)43-25-27-14-6-3-7-15-27/h3-21,24,26,34H,22-23,25H2,1-2H3. The van der Waals surface area contributed by atoms with Crippen LogP contribution in [0.4, 0.5) is 9.59 Å². The van der Waals surface area contributed by atoms with Crippen molar-refractivity contribution in [2.24, 2.45) is 5.92 Å². The molecule has 44 heavy (non-hydrogen) atoms. The van der Waals surface area contributed by atoms with Crippen LogP contribution in [0.15, 0.2) is 121 Å². The molecular weight excluding hydrogens is 552 g/mol. The number of hydrogen-bond acceptors (Lipinski definition) is 5. The van der Waals surface area contributed by atoms with Gasteiger partial charge >= 0.3 is 12.2 Å². The highest BCUT2D eigenvalue weighted by molar-refractivity contribution is 5.96. The van der Waals surface area contributed by atoms with Gasteiger partial charge in [-0.05, 0) is 29.5 Å². The van der Waals surface area contributed by atoms with Crippen LogP contribution in [0, 0.1) is 5.92 Å². The molecule has 7 heteroatoms. The number of amides is 2. The molecule has 2 amide bonds. The van der Waals surface area contributed by atoms with Crippen molar-refractivity contribution in [1.29, 1.82) is 0 Å². The van der Waals surface area contributed by atoms with E-state index in [1.54, 1.807) is 6.20 Å². The van der Waals surface area contributed by atoms with Crippen LogP contribution in [0.3, 0.4) is 0 Å². The number of rotatable bonds is 8. The Morgan fingerprint density at radius 1 is 0.818 bits per heavy atom. The lowest BCUT2D eigenvalue weighted by atomic mass is 9.75. The van der Waals surface area contributed by atoms with Gasteiger partial charge in [-0.2, -0.15) is 0 Å². The molecule has 6 rings (SSSR count). The average Bonchev–Trinajstić information content (AvgIpc) is 3.60. The van der Waals surface area contributed by atoms with E-state index in [9.17, 15) is 14.4 Å². The maximum atomic E-state index is 14.0. The summed E-state index contributed by atoms with van der Waals surface area (Å²) in [4.78, 5) is 42.0. The summed E-state index contributed by atoms with van der Waals surface area (Å²) in [5.74, 6) is -0.432. The normalized spacial score (nSPS) is 15.8. The second kappa shape index (κ2) is 12.2. The lowest BCUT2D eigenvalue weighted by Gasteiger charge is -2.37. The minimum atomic E-state index is -1.15. The molecule has 1 atom stereocenters. The molecule has 1 aliphatic rings. The van der Waals surface area contributed by atoms with Crippen molar-refractivity contribution >= 4 is 29.0 Å². The van der Waals surface area contributed by atoms with E-state index in [4.69, 9.17) is 9.47 Å². The van der Waals surface area contributed by atoms with E-state index in [1.165, 1.54) is 9.47 Å². The van der Waals surface area contributed by atoms with Crippen molar-refractivity contribution < 1.29 is 23.9 Å². The minimum Gasteiger partial charge on any atom is -0.444 e. The van der Waals surface area contributed by atoms with Gasteiger partial charge in [-0.3, -0.25) is 9.36 Å². The molecule has 0 radical (unpaired) electrons. The van der Waals surface area contributed by atoms with Crippen LogP contribution in [0.1, 0.15) is 42.5 Å². The van der Waals surface area contributed by atoms with Crippen LogP contribution in [0.25, 0.3) is 10.9 Å². The molecule has 1 aliphatic heterocycles. The summed E-state index contributed by atoms with van der Waals surface area (Å²) < 4.78 is 13.3. The van der Waals surface area contributed by atoms with Gasteiger partial charge in [0.25, 0.3) is 0 Å². The monoisotopic (exact) mass is 586 g/mol. The van der Waals surface area contributed by atoms with Crippen LogP contribution in [0.5, 0.6) is 0 Å². The van der Waals surface area contributed by atoms with Crippen LogP contribution < -0.4 is 0 Å². The fourth-order valence-corrected chi connectivity index (χ4v) is 6.32. The number of hydrogen-bond donors (Lipinski definition) is 0. The lowest BCUT2D eigenvalue weighted by Crippen LogP contribution is -2.49. The number of fused-ring (bicyclic) bond motifs is 1. The molecule has 222 valence electrons. The summed E-state index contributed by atoms with van der Waals surface area (Å²) in [6, 6.07) is 35.7. The van der Waals surface area contributed by atoms with Crippen molar-refractivity contribution in [3.05, 3.63) is 144 Å². The Morgan fingerprint density at radius 2 is 1.39 bits per heavy atom. The minimum absolute atomic E-state index is 0.0606. The van der Waals surface area contributed by atoms with E-state index in [2.05, 4.69) is 0 Å². The van der Waals surface area contributed by atoms with Crippen LogP contribution in [-0.4, -0.2) is 33.6 Å². The largest absolute Gasteiger partial charge is 0.444 e. The van der Waals surface area contributed by atoms with E-state index in [0.29, 0.717) is 11.9 Å². The molecule has 4 aromatic carbocycles. The fourth-order valence-electron chi connectivity index (χ4n) is 6.32. The molecule has 1 aromatic heterocycles. The van der Waals surface area contributed by atoms with Gasteiger partial charge in [0, 0.05) is 29.1 Å². The van der Waals surface area contributed by atoms with Gasteiger partial charge in [-0.15, -0.1) is 0 Å². The highest BCUT2D eigenvalue weighted by Crippen LogP contribution is 2.47. The predicted molar refractivity (Wildman–Crippen MR) is 168 cm³/mol. The fraction of sp³-hybridized carbons (Fsp3) is 0.216. The van der Waals surface area contributed by atoms with Gasteiger partial charge in [0.2, 0.25) is 5.91 Å². The number of para-hydroxylation sites is 1. The van der Waals surface area contributed by atoms with E-state index >= 15 is 0 Å². The molecule has 0 saturated carbocycles. The second-order valence-electron chi connectivity index (χ2n) is 11.4. The zero-order chi connectivity index (χ0) is 30.7. The molecule has 0 spiro atoms. The molecular formula is C37H34N2O5. The molecule has 1 fully saturated rings. The maximum absolute atomic E-state index is 14.0. The zero-order valence-electron chi connectivity index (χ0n) is 24.8. The number of imide groups is 1. The topological polar surface area (TPSA) is 77.8 Å². The number of benzene rings is 4. The Hall–Kier alpha value is -5.17. The van der Waals surface area contributed by atoms with Gasteiger partial charge in [0.1, 0.15) is 6.61 Å². The summed E-state index contributed by atoms with van der Waals surface area (Å²) in [6.45, 7) is 4.16. The van der Waals surface area contributed by atoms with Crippen molar-refractivity contribution in [2.45, 2.75) is 44.9 Å². The average molecular weight is 587 g/mol. The number of aryl methyl sites for hydroxylation is 1. The third-order valence-electron chi connectivity index (χ3n) is 8.25. The molecule has 0 aliphatic carbocycles. The first-order valence-corrected chi connectivity index (χ1v) is 14.9. The van der Waals surface area contributed by atoms with Crippen LogP contribution >= 0.6 is 0 Å². The quantitative estimate of drug-likeness (QED) is 0.186. The summed E-state index contributed by atoms with van der Waals surface area (Å²) >= 11 is 0. The predicted octanol–water partition coefficient (Wildman–Crippen LogP) is 7.71. The van der Waals surface area contributed by atoms with E-state index < -0.39 is 23.8 Å². The molecule has 0 N–H and O–H groups in total. The Kier molecular flexibility index (Phi) is 8.03. The Balaban J connectivity index is 1.27. The Bertz CT molecular complexity index is 1740. The smallest absolute Gasteiger partial charge is 0.418 e. The third kappa shape index (κ3) is 5.26. The van der Waals surface area contributed by atoms with E-state index in [0.717, 1.165) is 27.6 Å². The maximum Gasteiger partial charge on any atom is 0.418 e. The summed E-state index contributed by atoms with van der Waals surface area (Å²) in [5.41, 5.74) is 2.87. The van der Waals surface area contributed by atoms with Crippen molar-refractivity contribution in [3.63, 3.8) is 0 Å². The third-order valence-corrected chi connectivity index (χ3v) is 8.25. The van der Waals surface area contributed by atoms with Crippen molar-refractivity contribution in [1.82, 2.24) is 9.47 Å². The van der Waals surface area contributed by atoms with Crippen LogP contribution in [-0.2, 0) is 32.9 Å². The molecule has 7 nitrogen and oxygen atoms in total. The number of carbonyl (C=O) groups is 3. The first kappa shape index (κ1) is 28.9. The molecule has 1 unspecified atom stereocenters. The second-order valence-corrected chi connectivity index (χ2v) is 11.4. The number of cyclic esters (lactones) is 1. The molecule has 0 bridgehead atoms. The lowest BCUT2D eigenvalue weighted by molar-refractivity contribution is -0.130. The van der Waals surface area contributed by atoms with Gasteiger partial charge in [0.05, 0.1) is 11.6 Å². The summed E-state index contributed by atoms with van der Waals surface area (Å²) in [6.07, 6.45) is 0.961. The summed E-state index contributed by atoms with van der Waals surface area (Å²) in [7, 11) is 0. The van der Waals surface area contributed by atoms with E-state index in [1.807, 2.05) is 129 Å². The van der Waals surface area contributed by atoms with Gasteiger partial charge in [-0.25, -0.2) is 14.5 Å². The Labute approximate surface area is 256 Å². The first-order valence-electron chi connectivity index (χ1n) is 14.9. The zero-order valence-corrected chi connectivity index (χ0v) is 24.8. The number of aromatic nitrogens is 1. The van der Waals surface area contributed by atoms with Crippen molar-refractivity contribution in [3.8, 4) is 0 Å². The van der Waals surface area contributed by atoms with Gasteiger partial charge in [-0.1, -0.05) is 123 Å². The Morgan fingerprint density at radius 3 is 2.00 bits per heavy atom. The first-order chi connectivity index (χ1) is 21.4.